The molecule has 1 fully saturated rings. The summed E-state index contributed by atoms with van der Waals surface area (Å²) in [6.45, 7) is 0.445. The van der Waals surface area contributed by atoms with Crippen LogP contribution in [0.4, 0.5) is 25.8 Å². The summed E-state index contributed by atoms with van der Waals surface area (Å²) in [6.07, 6.45) is 1.95. The molecule has 1 heterocycles. The minimum Gasteiger partial charge on any atom is -0.384 e. The van der Waals surface area contributed by atoms with Gasteiger partial charge >= 0.3 is 0 Å². The summed E-state index contributed by atoms with van der Waals surface area (Å²) in [7, 11) is 0. The number of nitrogens with zero attached hydrogens (tertiary/aromatic N) is 1. The van der Waals surface area contributed by atoms with Crippen molar-refractivity contribution in [3.63, 3.8) is 0 Å². The number of halogens is 2. The maximum absolute atomic E-state index is 14.9. The third-order valence-corrected chi connectivity index (χ3v) is 5.79. The zero-order chi connectivity index (χ0) is 24.9. The number of nitrogen functional groups attached to an aromatic ring is 1. The van der Waals surface area contributed by atoms with Crippen LogP contribution in [0.15, 0.2) is 66.7 Å². The Balaban J connectivity index is 1.59. The van der Waals surface area contributed by atoms with E-state index in [1.54, 1.807) is 30.3 Å². The molecule has 3 aromatic carbocycles. The van der Waals surface area contributed by atoms with Crippen molar-refractivity contribution in [2.75, 3.05) is 22.1 Å². The first-order chi connectivity index (χ1) is 16.8. The molecule has 5 N–H and O–H groups in total. The van der Waals surface area contributed by atoms with E-state index in [9.17, 15) is 18.4 Å². The summed E-state index contributed by atoms with van der Waals surface area (Å²) in [5, 5.41) is 13.2. The van der Waals surface area contributed by atoms with Crippen molar-refractivity contribution < 1.29 is 18.4 Å². The number of amides is 2. The first-order valence-electron chi connectivity index (χ1n) is 11.2. The average molecular weight is 478 g/mol. The maximum atomic E-state index is 14.9. The fourth-order valence-electron chi connectivity index (χ4n) is 4.02. The second kappa shape index (κ2) is 10.3. The second-order valence-corrected chi connectivity index (χ2v) is 8.25. The average Bonchev–Trinajstić information content (AvgIpc) is 2.84. The molecule has 1 saturated heterocycles. The van der Waals surface area contributed by atoms with Crippen LogP contribution in [0.1, 0.15) is 36.4 Å². The minimum absolute atomic E-state index is 0.0919. The van der Waals surface area contributed by atoms with Crippen molar-refractivity contribution in [3.8, 4) is 0 Å². The quantitative estimate of drug-likeness (QED) is 0.295. The van der Waals surface area contributed by atoms with Gasteiger partial charge in [-0.05, 0) is 49.2 Å². The first-order valence-corrected chi connectivity index (χ1v) is 11.2. The molecule has 35 heavy (non-hydrogen) atoms. The van der Waals surface area contributed by atoms with Crippen molar-refractivity contribution in [3.05, 3.63) is 89.5 Å². The van der Waals surface area contributed by atoms with Crippen LogP contribution in [0, 0.1) is 17.0 Å². The molecule has 0 radical (unpaired) electrons. The highest BCUT2D eigenvalue weighted by atomic mass is 19.1. The molecule has 7 nitrogen and oxygen atoms in total. The molecule has 180 valence electrons. The number of rotatable bonds is 7. The highest BCUT2D eigenvalue weighted by Crippen LogP contribution is 2.28. The lowest BCUT2D eigenvalue weighted by atomic mass is 10.0. The second-order valence-electron chi connectivity index (χ2n) is 8.25. The van der Waals surface area contributed by atoms with Gasteiger partial charge in [0.25, 0.3) is 5.91 Å². The number of carbonyl (C=O) groups is 2. The van der Waals surface area contributed by atoms with Crippen LogP contribution in [-0.4, -0.2) is 24.2 Å². The van der Waals surface area contributed by atoms with Crippen LogP contribution in [0.3, 0.4) is 0 Å². The molecule has 0 saturated carbocycles. The van der Waals surface area contributed by atoms with Crippen LogP contribution in [0.25, 0.3) is 0 Å². The molecule has 0 spiro atoms. The summed E-state index contributed by atoms with van der Waals surface area (Å²) in [5.74, 6) is -2.13. The number of nitrogens with two attached hydrogens (primary N) is 1. The Morgan fingerprint density at radius 1 is 0.971 bits per heavy atom. The number of hydrogen-bond acceptors (Lipinski definition) is 4. The zero-order valence-electron chi connectivity index (χ0n) is 18.9. The van der Waals surface area contributed by atoms with Gasteiger partial charge in [0.15, 0.2) is 0 Å². The number of carbonyl (C=O) groups excluding carboxylic acids is 2. The van der Waals surface area contributed by atoms with Crippen molar-refractivity contribution in [1.82, 2.24) is 0 Å². The Labute approximate surface area is 201 Å². The van der Waals surface area contributed by atoms with E-state index in [-0.39, 0.29) is 28.7 Å². The lowest BCUT2D eigenvalue weighted by Crippen LogP contribution is -2.35. The van der Waals surface area contributed by atoms with Gasteiger partial charge in [-0.3, -0.25) is 15.0 Å². The summed E-state index contributed by atoms with van der Waals surface area (Å²) >= 11 is 0. The van der Waals surface area contributed by atoms with Gasteiger partial charge in [-0.15, -0.1) is 0 Å². The van der Waals surface area contributed by atoms with E-state index in [0.717, 1.165) is 18.9 Å². The van der Waals surface area contributed by atoms with E-state index in [4.69, 9.17) is 11.1 Å². The third kappa shape index (κ3) is 5.46. The predicted octanol–water partition coefficient (Wildman–Crippen LogP) is 4.56. The normalized spacial score (nSPS) is 14.3. The molecule has 0 aromatic heterocycles. The van der Waals surface area contributed by atoms with E-state index in [1.165, 1.54) is 35.2 Å². The fourth-order valence-corrected chi connectivity index (χ4v) is 4.02. The molecule has 0 bridgehead atoms. The van der Waals surface area contributed by atoms with Gasteiger partial charge in [-0.2, -0.15) is 0 Å². The molecular weight excluding hydrogens is 452 g/mol. The number of piperidine rings is 1. The van der Waals surface area contributed by atoms with Crippen molar-refractivity contribution >= 4 is 34.7 Å². The minimum atomic E-state index is -1.16. The van der Waals surface area contributed by atoms with E-state index < -0.39 is 23.6 Å². The van der Waals surface area contributed by atoms with Gasteiger partial charge in [0.1, 0.15) is 23.5 Å². The third-order valence-electron chi connectivity index (χ3n) is 5.79. The number of benzene rings is 3. The molecule has 1 unspecified atom stereocenters. The van der Waals surface area contributed by atoms with Crippen LogP contribution >= 0.6 is 0 Å². The summed E-state index contributed by atoms with van der Waals surface area (Å²) in [6, 6.07) is 15.3. The Kier molecular flexibility index (Phi) is 7.05. The van der Waals surface area contributed by atoms with Crippen molar-refractivity contribution in [2.24, 2.45) is 5.73 Å². The maximum Gasteiger partial charge on any atom is 0.251 e. The summed E-state index contributed by atoms with van der Waals surface area (Å²) < 4.78 is 29.5. The van der Waals surface area contributed by atoms with E-state index in [1.807, 2.05) is 0 Å². The fraction of sp³-hybridized carbons (Fsp3) is 0.192. The topological polar surface area (TPSA) is 111 Å². The van der Waals surface area contributed by atoms with Gasteiger partial charge in [0.05, 0.1) is 5.69 Å². The highest BCUT2D eigenvalue weighted by Gasteiger charge is 2.26. The van der Waals surface area contributed by atoms with Gasteiger partial charge in [0, 0.05) is 35.5 Å². The Hall–Kier alpha value is -4.27. The van der Waals surface area contributed by atoms with Crippen LogP contribution in [-0.2, 0) is 9.59 Å². The largest absolute Gasteiger partial charge is 0.384 e. The number of hydrogen-bond donors (Lipinski definition) is 4. The molecule has 3 aromatic rings. The highest BCUT2D eigenvalue weighted by molar-refractivity contribution is 5.99. The van der Waals surface area contributed by atoms with Crippen molar-refractivity contribution in [2.45, 2.75) is 25.3 Å². The summed E-state index contributed by atoms with van der Waals surface area (Å²) in [4.78, 5) is 26.8. The zero-order valence-corrected chi connectivity index (χ0v) is 18.9. The molecule has 4 rings (SSSR count). The molecule has 1 atom stereocenters. The lowest BCUT2D eigenvalue weighted by molar-refractivity contribution is -0.119. The number of amidine groups is 1. The van der Waals surface area contributed by atoms with E-state index in [0.29, 0.717) is 24.2 Å². The Morgan fingerprint density at radius 3 is 2.49 bits per heavy atom. The number of anilines is 3. The lowest BCUT2D eigenvalue weighted by Gasteiger charge is -2.27. The smallest absolute Gasteiger partial charge is 0.251 e. The first kappa shape index (κ1) is 23.9. The van der Waals surface area contributed by atoms with Crippen molar-refractivity contribution in [1.29, 1.82) is 5.41 Å². The Morgan fingerprint density at radius 2 is 1.77 bits per heavy atom. The molecule has 9 heteroatoms. The summed E-state index contributed by atoms with van der Waals surface area (Å²) in [5.41, 5.74) is 6.87. The Bertz CT molecular complexity index is 1280. The molecule has 1 aliphatic heterocycles. The standard InChI is InChI=1S/C26H25F2N5O2/c27-20-9-2-1-8-19(20)24(31-17-7-5-6-16(14-17)25(29)30)26(35)32-18-11-12-22(21(28)15-18)33-13-4-3-10-23(33)34/h1-2,5-9,11-12,14-15,24,31H,3-4,10,13H2,(H3,29,30)(H,32,35). The van der Waals surface area contributed by atoms with Gasteiger partial charge in [-0.25, -0.2) is 8.78 Å². The van der Waals surface area contributed by atoms with E-state index >= 15 is 0 Å². The van der Waals surface area contributed by atoms with E-state index in [2.05, 4.69) is 10.6 Å². The molecule has 0 aliphatic carbocycles. The van der Waals surface area contributed by atoms with Crippen LogP contribution in [0.2, 0.25) is 0 Å². The molecule has 1 aliphatic rings. The monoisotopic (exact) mass is 477 g/mol. The van der Waals surface area contributed by atoms with Gasteiger partial charge < -0.3 is 21.3 Å². The molecule has 2 amide bonds. The SMILES string of the molecule is N=C(N)c1cccc(NC(C(=O)Nc2ccc(N3CCCCC3=O)c(F)c2)c2ccccc2F)c1. The predicted molar refractivity (Wildman–Crippen MR) is 131 cm³/mol. The van der Waals surface area contributed by atoms with Crippen LogP contribution < -0.4 is 21.3 Å². The van der Waals surface area contributed by atoms with Crippen LogP contribution in [0.5, 0.6) is 0 Å². The number of nitrogens with one attached hydrogen (secondary N) is 3. The van der Waals surface area contributed by atoms with Gasteiger partial charge in [-0.1, -0.05) is 30.3 Å². The van der Waals surface area contributed by atoms with Gasteiger partial charge in [0.2, 0.25) is 5.91 Å². The molecular formula is C26H25F2N5O2.